The first-order chi connectivity index (χ1) is 9.75. The van der Waals surface area contributed by atoms with E-state index in [0.29, 0.717) is 11.8 Å². The van der Waals surface area contributed by atoms with Crippen molar-refractivity contribution in [3.63, 3.8) is 0 Å². The lowest BCUT2D eigenvalue weighted by Crippen LogP contribution is -2.19. The average molecular weight is 260 g/mol. The fourth-order valence-corrected chi connectivity index (χ4v) is 3.52. The van der Waals surface area contributed by atoms with Gasteiger partial charge in [-0.05, 0) is 37.1 Å². The van der Waals surface area contributed by atoms with Gasteiger partial charge in [-0.2, -0.15) is 0 Å². The van der Waals surface area contributed by atoms with E-state index in [0.717, 1.165) is 11.4 Å². The van der Waals surface area contributed by atoms with E-state index in [1.807, 2.05) is 0 Å². The van der Waals surface area contributed by atoms with Gasteiger partial charge in [-0.15, -0.1) is 0 Å². The van der Waals surface area contributed by atoms with Crippen molar-refractivity contribution in [1.82, 2.24) is 0 Å². The number of hydrogen-bond donors (Lipinski definition) is 0. The molecule has 2 aliphatic rings. The Morgan fingerprint density at radius 1 is 0.650 bits per heavy atom. The van der Waals surface area contributed by atoms with E-state index >= 15 is 0 Å². The van der Waals surface area contributed by atoms with E-state index in [9.17, 15) is 0 Å². The summed E-state index contributed by atoms with van der Waals surface area (Å²) < 4.78 is 0. The van der Waals surface area contributed by atoms with Gasteiger partial charge in [-0.1, -0.05) is 36.4 Å². The standard InChI is InChI=1S/C18H16N2/c1-11-17(13-7-3-5-9-15(13)19-11)18-12(2)20-16-10-6-4-8-14(16)18/h3-10,17-18H,1-2H3. The van der Waals surface area contributed by atoms with Crippen molar-refractivity contribution >= 4 is 22.8 Å². The molecule has 2 heteroatoms. The Bertz CT molecular complexity index is 690. The van der Waals surface area contributed by atoms with E-state index in [2.05, 4.69) is 62.4 Å². The molecule has 4 rings (SSSR count). The van der Waals surface area contributed by atoms with Gasteiger partial charge >= 0.3 is 0 Å². The molecule has 0 aliphatic carbocycles. The summed E-state index contributed by atoms with van der Waals surface area (Å²) in [5.41, 5.74) is 7.30. The summed E-state index contributed by atoms with van der Waals surface area (Å²) in [6.45, 7) is 4.28. The van der Waals surface area contributed by atoms with Crippen LogP contribution in [-0.2, 0) is 0 Å². The van der Waals surface area contributed by atoms with Gasteiger partial charge in [0.05, 0.1) is 11.4 Å². The zero-order chi connectivity index (χ0) is 13.7. The van der Waals surface area contributed by atoms with Crippen molar-refractivity contribution in [2.45, 2.75) is 25.7 Å². The van der Waals surface area contributed by atoms with Gasteiger partial charge in [0.2, 0.25) is 0 Å². The summed E-state index contributed by atoms with van der Waals surface area (Å²) in [6.07, 6.45) is 0. The van der Waals surface area contributed by atoms with Crippen LogP contribution in [0.5, 0.6) is 0 Å². The summed E-state index contributed by atoms with van der Waals surface area (Å²) in [4.78, 5) is 9.49. The Morgan fingerprint density at radius 2 is 1.05 bits per heavy atom. The number of aliphatic imine (C=N–C) groups is 2. The summed E-state index contributed by atoms with van der Waals surface area (Å²) in [5.74, 6) is 0.664. The Morgan fingerprint density at radius 3 is 1.50 bits per heavy atom. The Balaban J connectivity index is 1.87. The second kappa shape index (κ2) is 4.14. The topological polar surface area (TPSA) is 24.7 Å². The van der Waals surface area contributed by atoms with Crippen LogP contribution in [0.3, 0.4) is 0 Å². The monoisotopic (exact) mass is 260 g/mol. The highest BCUT2D eigenvalue weighted by Crippen LogP contribution is 2.48. The molecule has 2 aliphatic heterocycles. The van der Waals surface area contributed by atoms with E-state index in [1.54, 1.807) is 0 Å². The van der Waals surface area contributed by atoms with Crippen LogP contribution in [0, 0.1) is 0 Å². The van der Waals surface area contributed by atoms with Gasteiger partial charge in [0, 0.05) is 23.3 Å². The molecule has 2 unspecified atom stereocenters. The summed E-state index contributed by atoms with van der Waals surface area (Å²) in [7, 11) is 0. The highest BCUT2D eigenvalue weighted by atomic mass is 14.8. The number of benzene rings is 2. The highest BCUT2D eigenvalue weighted by Gasteiger charge is 2.37. The fraction of sp³-hybridized carbons (Fsp3) is 0.222. The quantitative estimate of drug-likeness (QED) is 0.706. The third-order valence-corrected chi connectivity index (χ3v) is 4.37. The van der Waals surface area contributed by atoms with Crippen LogP contribution in [0.4, 0.5) is 11.4 Å². The summed E-state index contributed by atoms with van der Waals surface area (Å²) in [6, 6.07) is 16.9. The molecule has 0 aromatic heterocycles. The molecule has 2 aromatic rings. The number of nitrogens with zero attached hydrogens (tertiary/aromatic N) is 2. The van der Waals surface area contributed by atoms with Gasteiger partial charge in [0.1, 0.15) is 0 Å². The molecule has 0 radical (unpaired) electrons. The first-order valence-corrected chi connectivity index (χ1v) is 7.04. The molecule has 2 nitrogen and oxygen atoms in total. The van der Waals surface area contributed by atoms with Gasteiger partial charge < -0.3 is 0 Å². The first kappa shape index (κ1) is 11.6. The van der Waals surface area contributed by atoms with Crippen LogP contribution in [0.25, 0.3) is 0 Å². The fourth-order valence-electron chi connectivity index (χ4n) is 3.52. The maximum absolute atomic E-state index is 4.75. The van der Waals surface area contributed by atoms with Crippen LogP contribution in [0.2, 0.25) is 0 Å². The minimum absolute atomic E-state index is 0.332. The zero-order valence-corrected chi connectivity index (χ0v) is 11.7. The number of hydrogen-bond acceptors (Lipinski definition) is 2. The van der Waals surface area contributed by atoms with Crippen LogP contribution in [0.1, 0.15) is 36.8 Å². The van der Waals surface area contributed by atoms with E-state index in [-0.39, 0.29) is 0 Å². The lowest BCUT2D eigenvalue weighted by molar-refractivity contribution is 0.833. The molecule has 0 saturated heterocycles. The lowest BCUT2D eigenvalue weighted by Gasteiger charge is -2.22. The van der Waals surface area contributed by atoms with Crippen LogP contribution >= 0.6 is 0 Å². The van der Waals surface area contributed by atoms with Crippen molar-refractivity contribution in [1.29, 1.82) is 0 Å². The van der Waals surface area contributed by atoms with Crippen molar-refractivity contribution < 1.29 is 0 Å². The van der Waals surface area contributed by atoms with Gasteiger partial charge in [0.15, 0.2) is 0 Å². The number of fused-ring (bicyclic) bond motifs is 2. The maximum atomic E-state index is 4.75. The summed E-state index contributed by atoms with van der Waals surface area (Å²) in [5, 5.41) is 0. The second-order valence-electron chi connectivity index (χ2n) is 5.58. The minimum Gasteiger partial charge on any atom is -0.257 e. The third-order valence-electron chi connectivity index (χ3n) is 4.37. The van der Waals surface area contributed by atoms with Gasteiger partial charge in [-0.25, -0.2) is 0 Å². The third kappa shape index (κ3) is 1.51. The number of para-hydroxylation sites is 2. The van der Waals surface area contributed by atoms with Crippen LogP contribution < -0.4 is 0 Å². The average Bonchev–Trinajstić information content (AvgIpc) is 2.94. The molecule has 98 valence electrons. The first-order valence-electron chi connectivity index (χ1n) is 7.04. The molecule has 2 atom stereocenters. The van der Waals surface area contributed by atoms with E-state index < -0.39 is 0 Å². The molecule has 0 amide bonds. The molecule has 2 aromatic carbocycles. The smallest absolute Gasteiger partial charge is 0.0668 e. The molecule has 2 heterocycles. The SMILES string of the molecule is CC1=Nc2ccccc2C1C1C(C)=Nc2ccccc21. The minimum atomic E-state index is 0.332. The predicted molar refractivity (Wildman–Crippen MR) is 83.9 cm³/mol. The Kier molecular flexibility index (Phi) is 2.40. The number of rotatable bonds is 1. The van der Waals surface area contributed by atoms with Crippen LogP contribution in [0.15, 0.2) is 58.5 Å². The molecule has 0 spiro atoms. The predicted octanol–water partition coefficient (Wildman–Crippen LogP) is 4.77. The normalized spacial score (nSPS) is 23.1. The van der Waals surface area contributed by atoms with Crippen molar-refractivity contribution in [2.75, 3.05) is 0 Å². The lowest BCUT2D eigenvalue weighted by atomic mass is 9.78. The molecular formula is C18H16N2. The van der Waals surface area contributed by atoms with Gasteiger partial charge in [0.25, 0.3) is 0 Å². The summed E-state index contributed by atoms with van der Waals surface area (Å²) >= 11 is 0. The second-order valence-corrected chi connectivity index (χ2v) is 5.58. The molecule has 0 fully saturated rings. The highest BCUT2D eigenvalue weighted by molar-refractivity contribution is 6.06. The van der Waals surface area contributed by atoms with Crippen molar-refractivity contribution in [2.24, 2.45) is 9.98 Å². The van der Waals surface area contributed by atoms with E-state index in [1.165, 1.54) is 22.6 Å². The Labute approximate surface area is 118 Å². The maximum Gasteiger partial charge on any atom is 0.0668 e. The largest absolute Gasteiger partial charge is 0.257 e. The Hall–Kier alpha value is -2.22. The van der Waals surface area contributed by atoms with Crippen molar-refractivity contribution in [3.05, 3.63) is 59.7 Å². The van der Waals surface area contributed by atoms with Gasteiger partial charge in [-0.3, -0.25) is 9.98 Å². The zero-order valence-electron chi connectivity index (χ0n) is 11.7. The molecule has 0 saturated carbocycles. The molecule has 0 N–H and O–H groups in total. The molecule has 20 heavy (non-hydrogen) atoms. The molecule has 0 bridgehead atoms. The van der Waals surface area contributed by atoms with Crippen LogP contribution in [-0.4, -0.2) is 11.4 Å². The van der Waals surface area contributed by atoms with E-state index in [4.69, 9.17) is 9.98 Å². The van der Waals surface area contributed by atoms with Crippen molar-refractivity contribution in [3.8, 4) is 0 Å². The molecular weight excluding hydrogens is 244 g/mol.